The van der Waals surface area contributed by atoms with Crippen molar-refractivity contribution in [2.24, 2.45) is 5.41 Å². The van der Waals surface area contributed by atoms with Crippen molar-refractivity contribution < 1.29 is 37.4 Å². The number of ether oxygens (including phenoxy) is 1. The van der Waals surface area contributed by atoms with Crippen LogP contribution in [0.1, 0.15) is 115 Å². The number of aromatic nitrogens is 3. The molecule has 0 radical (unpaired) electrons. The zero-order valence-corrected chi connectivity index (χ0v) is 48.5. The number of sulfone groups is 1. The first-order valence-corrected chi connectivity index (χ1v) is 29.5. The Morgan fingerprint density at radius 1 is 0.910 bits per heavy atom. The van der Waals surface area contributed by atoms with Crippen LogP contribution in [0.4, 0.5) is 23.1 Å². The fourth-order valence-electron chi connectivity index (χ4n) is 9.74. The minimum absolute atomic E-state index is 0.0132. The number of unbranched alkanes of at least 4 members (excludes halogenated alkanes) is 1. The fourth-order valence-corrected chi connectivity index (χ4v) is 11.9. The molecular weight excluding hydrogens is 1050 g/mol. The number of likely N-dealkylation sites (tertiary alicyclic amines) is 2. The first-order chi connectivity index (χ1) is 37.0. The van der Waals surface area contributed by atoms with E-state index in [4.69, 9.17) is 16.3 Å². The third-order valence-corrected chi connectivity index (χ3v) is 17.5. The number of halogens is 1. The third-order valence-electron chi connectivity index (χ3n) is 14.0. The van der Waals surface area contributed by atoms with Crippen LogP contribution in [-0.4, -0.2) is 124 Å². The van der Waals surface area contributed by atoms with Gasteiger partial charge in [-0.2, -0.15) is 4.98 Å². The lowest BCUT2D eigenvalue weighted by molar-refractivity contribution is -0.144. The first-order valence-electron chi connectivity index (χ1n) is 26.7. The third kappa shape index (κ3) is 15.3. The normalized spacial score (nSPS) is 16.8. The van der Waals surface area contributed by atoms with Crippen LogP contribution in [0.3, 0.4) is 0 Å². The van der Waals surface area contributed by atoms with Gasteiger partial charge in [0.2, 0.25) is 29.6 Å². The van der Waals surface area contributed by atoms with Crippen LogP contribution in [0.25, 0.3) is 10.4 Å². The number of aliphatic hydroxyl groups is 1. The van der Waals surface area contributed by atoms with E-state index >= 15 is 0 Å². The second kappa shape index (κ2) is 26.2. The molecular formula is C57H75ClN10O8S2. The molecule has 2 aliphatic heterocycles. The Hall–Kier alpha value is -6.19. The summed E-state index contributed by atoms with van der Waals surface area (Å²) in [6.07, 6.45) is 3.42. The minimum Gasteiger partial charge on any atom is -0.489 e. The highest BCUT2D eigenvalue weighted by Gasteiger charge is 2.44. The number of benzene rings is 3. The lowest BCUT2D eigenvalue weighted by Crippen LogP contribution is -2.57. The van der Waals surface area contributed by atoms with Gasteiger partial charge in [-0.1, -0.05) is 68.8 Å². The molecule has 2 aliphatic rings. The number of carbonyl (C=O) groups is 4. The number of para-hydroxylation sites is 1. The Labute approximate surface area is 467 Å². The van der Waals surface area contributed by atoms with E-state index < -0.39 is 44.6 Å². The highest BCUT2D eigenvalue weighted by molar-refractivity contribution is 7.92. The Bertz CT molecular complexity index is 3030. The molecule has 0 saturated carbocycles. The van der Waals surface area contributed by atoms with E-state index in [0.717, 1.165) is 58.8 Å². The van der Waals surface area contributed by atoms with Crippen LogP contribution in [0, 0.1) is 19.3 Å². The summed E-state index contributed by atoms with van der Waals surface area (Å²) in [5.74, 6) is 0.151. The first kappa shape index (κ1) is 59.5. The summed E-state index contributed by atoms with van der Waals surface area (Å²) >= 11 is 8.10. The number of nitrogens with one attached hydrogen (secondary N) is 5. The molecule has 4 heterocycles. The number of rotatable bonds is 22. The molecule has 5 aromatic rings. The van der Waals surface area contributed by atoms with Crippen molar-refractivity contribution >= 4 is 79.5 Å². The Balaban J connectivity index is 0.853. The van der Waals surface area contributed by atoms with Gasteiger partial charge in [-0.25, -0.2) is 18.4 Å². The average Bonchev–Trinajstić information content (AvgIpc) is 4.04. The summed E-state index contributed by atoms with van der Waals surface area (Å²) in [5, 5.41) is 25.5. The smallest absolute Gasteiger partial charge is 0.246 e. The number of anilines is 4. The number of aliphatic hydroxyl groups excluding tert-OH is 1. The van der Waals surface area contributed by atoms with E-state index in [1.54, 1.807) is 49.4 Å². The van der Waals surface area contributed by atoms with Crippen molar-refractivity contribution in [2.75, 3.05) is 43.4 Å². The van der Waals surface area contributed by atoms with Gasteiger partial charge in [-0.05, 0) is 138 Å². The lowest BCUT2D eigenvalue weighted by atomic mass is 9.85. The molecule has 2 aromatic heterocycles. The standard InChI is InChI=1S/C57H75ClN10O8S2/c1-34(2)76-47-28-42(36(5)26-45(47)64-56-61-30-43(58)53(66-56)63-44-14-10-11-15-48(44)78(74,75)35(3)4)39-21-24-67(25-22-39)32-50(71)59-23-13-12-16-49(70)65-52(57(7,8)9)55(73)68-31-41(69)27-46(68)54(72)60-29-38-17-19-40(20-18-38)51-37(6)62-33-77-51/h10-11,14-15,17-20,26,28,30,33-35,39,41,46,52,69H,12-13,16,21-25,27,29,31-32H2,1-9H3,(H,59,71)(H,60,72)(H,65,70)(H2,61,63,64,66)/t41-,46+,52?/m1/s1. The van der Waals surface area contributed by atoms with Gasteiger partial charge in [0.15, 0.2) is 15.7 Å². The molecule has 0 aliphatic carbocycles. The molecule has 6 N–H and O–H groups in total. The Morgan fingerprint density at radius 3 is 2.29 bits per heavy atom. The zero-order valence-electron chi connectivity index (χ0n) is 46.1. The molecule has 420 valence electrons. The Morgan fingerprint density at radius 2 is 1.63 bits per heavy atom. The largest absolute Gasteiger partial charge is 0.489 e. The van der Waals surface area contributed by atoms with E-state index in [-0.39, 0.29) is 83.9 Å². The second-order valence-corrected chi connectivity index (χ2v) is 25.6. The van der Waals surface area contributed by atoms with Gasteiger partial charge in [0, 0.05) is 32.5 Å². The van der Waals surface area contributed by atoms with E-state index in [1.807, 2.05) is 77.4 Å². The van der Waals surface area contributed by atoms with Crippen molar-refractivity contribution in [3.8, 4) is 16.2 Å². The number of aryl methyl sites for hydroxylation is 2. The number of nitrogens with zero attached hydrogens (tertiary/aromatic N) is 5. The molecule has 0 bridgehead atoms. The molecule has 1 unspecified atom stereocenters. The maximum Gasteiger partial charge on any atom is 0.246 e. The molecule has 3 aromatic carbocycles. The molecule has 2 saturated heterocycles. The van der Waals surface area contributed by atoms with Gasteiger partial charge in [0.05, 0.1) is 62.6 Å². The van der Waals surface area contributed by atoms with Gasteiger partial charge in [0.25, 0.3) is 0 Å². The molecule has 78 heavy (non-hydrogen) atoms. The van der Waals surface area contributed by atoms with Gasteiger partial charge in [-0.3, -0.25) is 24.1 Å². The zero-order chi connectivity index (χ0) is 56.5. The van der Waals surface area contributed by atoms with Crippen LogP contribution in [-0.2, 0) is 35.6 Å². The van der Waals surface area contributed by atoms with Crippen LogP contribution >= 0.6 is 22.9 Å². The molecule has 18 nitrogen and oxygen atoms in total. The number of amides is 4. The number of carbonyl (C=O) groups excluding carboxylic acids is 4. The number of β-amino-alcohol motifs (C(OH)–C–C–N with tert-alkyl or cyclic N) is 1. The summed E-state index contributed by atoms with van der Waals surface area (Å²) in [7, 11) is -3.60. The highest BCUT2D eigenvalue weighted by Crippen LogP contribution is 2.39. The van der Waals surface area contributed by atoms with Gasteiger partial charge in [0.1, 0.15) is 22.9 Å². The van der Waals surface area contributed by atoms with Crippen LogP contribution in [0.2, 0.25) is 5.02 Å². The number of thiazole rings is 1. The van der Waals surface area contributed by atoms with Crippen molar-refractivity contribution in [3.05, 3.63) is 99.8 Å². The van der Waals surface area contributed by atoms with E-state index in [9.17, 15) is 32.7 Å². The maximum atomic E-state index is 14.1. The van der Waals surface area contributed by atoms with Crippen molar-refractivity contribution in [3.63, 3.8) is 0 Å². The van der Waals surface area contributed by atoms with Crippen LogP contribution in [0.15, 0.2) is 77.3 Å². The van der Waals surface area contributed by atoms with Crippen molar-refractivity contribution in [2.45, 2.75) is 148 Å². The summed E-state index contributed by atoms with van der Waals surface area (Å²) in [4.78, 5) is 72.2. The van der Waals surface area contributed by atoms with Crippen LogP contribution in [0.5, 0.6) is 5.75 Å². The minimum atomic E-state index is -3.60. The fraction of sp³-hybridized carbons (Fsp3) is 0.491. The quantitative estimate of drug-likeness (QED) is 0.0356. The van der Waals surface area contributed by atoms with E-state index in [2.05, 4.69) is 59.4 Å². The number of hydrogen-bond donors (Lipinski definition) is 6. The predicted octanol–water partition coefficient (Wildman–Crippen LogP) is 8.60. The highest BCUT2D eigenvalue weighted by atomic mass is 35.5. The monoisotopic (exact) mass is 1130 g/mol. The molecule has 2 fully saturated rings. The van der Waals surface area contributed by atoms with E-state index in [1.165, 1.54) is 11.1 Å². The number of piperidine rings is 1. The summed E-state index contributed by atoms with van der Waals surface area (Å²) in [6.45, 7) is 19.1. The van der Waals surface area contributed by atoms with E-state index in [0.29, 0.717) is 36.5 Å². The summed E-state index contributed by atoms with van der Waals surface area (Å²) in [6, 6.07) is 16.8. The van der Waals surface area contributed by atoms with Gasteiger partial charge < -0.3 is 41.3 Å². The maximum absolute atomic E-state index is 14.1. The molecule has 0 spiro atoms. The lowest BCUT2D eigenvalue weighted by Gasteiger charge is -2.35. The molecule has 21 heteroatoms. The average molecular weight is 1130 g/mol. The molecule has 4 amide bonds. The van der Waals surface area contributed by atoms with Gasteiger partial charge >= 0.3 is 0 Å². The van der Waals surface area contributed by atoms with Gasteiger partial charge in [-0.15, -0.1) is 11.3 Å². The topological polar surface area (TPSA) is 237 Å². The molecule has 3 atom stereocenters. The SMILES string of the molecule is Cc1cc(Nc2ncc(Cl)c(Nc3ccccc3S(=O)(=O)C(C)C)n2)c(OC(C)C)cc1C1CCN(CC(=O)NCCCCC(=O)NC(C(=O)N2C[C@H](O)C[C@H]2C(=O)NCc2ccc(-c3scnc3C)cc2)C(C)(C)C)CC1. The summed E-state index contributed by atoms with van der Waals surface area (Å²) < 4.78 is 32.6. The summed E-state index contributed by atoms with van der Waals surface area (Å²) in [5.41, 5.74) is 7.24. The molecule has 7 rings (SSSR count). The van der Waals surface area contributed by atoms with Crippen molar-refractivity contribution in [1.29, 1.82) is 0 Å². The predicted molar refractivity (Wildman–Crippen MR) is 306 cm³/mol. The van der Waals surface area contributed by atoms with Crippen LogP contribution < -0.4 is 31.3 Å². The second-order valence-electron chi connectivity index (χ2n) is 21.9. The Kier molecular flexibility index (Phi) is 20.0. The number of hydrogen-bond acceptors (Lipinski definition) is 15. The van der Waals surface area contributed by atoms with Crippen molar-refractivity contribution in [1.82, 2.24) is 40.7 Å².